The highest BCUT2D eigenvalue weighted by Crippen LogP contribution is 2.42. The molecular formula is C23H31NO2. The molecule has 0 fully saturated rings. The average molecular weight is 354 g/mol. The molecular weight excluding hydrogens is 322 g/mol. The third kappa shape index (κ3) is 3.98. The van der Waals surface area contributed by atoms with Gasteiger partial charge in [0, 0.05) is 11.2 Å². The van der Waals surface area contributed by atoms with Crippen LogP contribution in [-0.2, 0) is 0 Å². The van der Waals surface area contributed by atoms with Gasteiger partial charge in [-0.2, -0.15) is 0 Å². The number of rotatable bonds is 6. The van der Waals surface area contributed by atoms with Gasteiger partial charge in [0.1, 0.15) is 6.61 Å². The quantitative estimate of drug-likeness (QED) is 0.670. The zero-order valence-corrected chi connectivity index (χ0v) is 16.7. The third-order valence-electron chi connectivity index (χ3n) is 5.08. The van der Waals surface area contributed by atoms with E-state index in [-0.39, 0.29) is 11.6 Å². The van der Waals surface area contributed by atoms with Crippen LogP contribution in [-0.4, -0.2) is 24.8 Å². The zero-order valence-electron chi connectivity index (χ0n) is 16.7. The van der Waals surface area contributed by atoms with Gasteiger partial charge < -0.3 is 14.4 Å². The van der Waals surface area contributed by atoms with Crippen LogP contribution in [0.3, 0.4) is 0 Å². The fourth-order valence-corrected chi connectivity index (χ4v) is 4.04. The molecule has 3 heteroatoms. The van der Waals surface area contributed by atoms with E-state index in [1.54, 1.807) is 0 Å². The molecule has 0 spiro atoms. The van der Waals surface area contributed by atoms with E-state index in [1.807, 2.05) is 38.1 Å². The monoisotopic (exact) mass is 353 g/mol. The Labute approximate surface area is 157 Å². The number of hydrogen-bond donors (Lipinski definition) is 0. The van der Waals surface area contributed by atoms with Crippen LogP contribution in [0.4, 0.5) is 5.69 Å². The highest BCUT2D eigenvalue weighted by atomic mass is 16.5. The Kier molecular flexibility index (Phi) is 5.45. The smallest absolute Gasteiger partial charge is 0.161 e. The molecule has 1 aliphatic heterocycles. The SMILES string of the molecule is CC(C)Oc1ccccc1OCCN1c2ccccc2C(C)CC1(C)C. The summed E-state index contributed by atoms with van der Waals surface area (Å²) in [4.78, 5) is 2.49. The number of ether oxygens (including phenoxy) is 2. The van der Waals surface area contributed by atoms with Crippen molar-refractivity contribution in [2.24, 2.45) is 0 Å². The van der Waals surface area contributed by atoms with E-state index in [9.17, 15) is 0 Å². The van der Waals surface area contributed by atoms with Gasteiger partial charge in [0.15, 0.2) is 11.5 Å². The van der Waals surface area contributed by atoms with Gasteiger partial charge in [-0.3, -0.25) is 0 Å². The Morgan fingerprint density at radius 3 is 2.42 bits per heavy atom. The summed E-state index contributed by atoms with van der Waals surface area (Å²) in [5.41, 5.74) is 2.90. The van der Waals surface area contributed by atoms with Crippen LogP contribution in [0.5, 0.6) is 11.5 Å². The van der Waals surface area contributed by atoms with Gasteiger partial charge in [-0.05, 0) is 63.8 Å². The molecule has 2 aromatic rings. The van der Waals surface area contributed by atoms with Crippen molar-refractivity contribution in [3.8, 4) is 11.5 Å². The molecule has 0 amide bonds. The number of fused-ring (bicyclic) bond motifs is 1. The molecule has 1 heterocycles. The topological polar surface area (TPSA) is 21.7 Å². The van der Waals surface area contributed by atoms with Crippen LogP contribution in [0.2, 0.25) is 0 Å². The molecule has 0 bridgehead atoms. The molecule has 0 saturated heterocycles. The van der Waals surface area contributed by atoms with Crippen LogP contribution in [0.1, 0.15) is 52.5 Å². The molecule has 26 heavy (non-hydrogen) atoms. The van der Waals surface area contributed by atoms with Crippen molar-refractivity contribution in [3.63, 3.8) is 0 Å². The number of hydrogen-bond acceptors (Lipinski definition) is 3. The predicted molar refractivity (Wildman–Crippen MR) is 109 cm³/mol. The summed E-state index contributed by atoms with van der Waals surface area (Å²) in [7, 11) is 0. The molecule has 2 aromatic carbocycles. The van der Waals surface area contributed by atoms with Gasteiger partial charge in [0.05, 0.1) is 12.6 Å². The summed E-state index contributed by atoms with van der Waals surface area (Å²) in [6.07, 6.45) is 1.28. The Balaban J connectivity index is 1.73. The normalized spacial score (nSPS) is 18.5. The Morgan fingerprint density at radius 2 is 1.69 bits per heavy atom. The van der Waals surface area contributed by atoms with E-state index < -0.39 is 0 Å². The van der Waals surface area contributed by atoms with Crippen LogP contribution >= 0.6 is 0 Å². The molecule has 1 unspecified atom stereocenters. The maximum atomic E-state index is 6.11. The van der Waals surface area contributed by atoms with Crippen molar-refractivity contribution in [2.45, 2.75) is 58.6 Å². The molecule has 0 saturated carbocycles. The van der Waals surface area contributed by atoms with Gasteiger partial charge in [0.2, 0.25) is 0 Å². The van der Waals surface area contributed by atoms with Crippen LogP contribution in [0, 0.1) is 0 Å². The summed E-state index contributed by atoms with van der Waals surface area (Å²) in [5.74, 6) is 2.21. The second-order valence-corrected chi connectivity index (χ2v) is 8.09. The summed E-state index contributed by atoms with van der Waals surface area (Å²) in [6.45, 7) is 12.5. The maximum Gasteiger partial charge on any atom is 0.161 e. The van der Waals surface area contributed by atoms with Crippen molar-refractivity contribution in [1.82, 2.24) is 0 Å². The number of nitrogens with zero attached hydrogens (tertiary/aromatic N) is 1. The van der Waals surface area contributed by atoms with Gasteiger partial charge in [-0.1, -0.05) is 37.3 Å². The molecule has 1 aliphatic rings. The fraction of sp³-hybridized carbons (Fsp3) is 0.478. The van der Waals surface area contributed by atoms with Crippen LogP contribution in [0.15, 0.2) is 48.5 Å². The van der Waals surface area contributed by atoms with E-state index in [4.69, 9.17) is 9.47 Å². The van der Waals surface area contributed by atoms with Crippen molar-refractivity contribution in [2.75, 3.05) is 18.1 Å². The van der Waals surface area contributed by atoms with Crippen molar-refractivity contribution < 1.29 is 9.47 Å². The predicted octanol–water partition coefficient (Wildman–Crippen LogP) is 5.65. The van der Waals surface area contributed by atoms with E-state index in [2.05, 4.69) is 49.9 Å². The summed E-state index contributed by atoms with van der Waals surface area (Å²) in [5, 5.41) is 0. The average Bonchev–Trinajstić information content (AvgIpc) is 2.58. The zero-order chi connectivity index (χ0) is 18.7. The molecule has 0 N–H and O–H groups in total. The first-order valence-corrected chi connectivity index (χ1v) is 9.63. The van der Waals surface area contributed by atoms with Gasteiger partial charge >= 0.3 is 0 Å². The van der Waals surface area contributed by atoms with Crippen LogP contribution in [0.25, 0.3) is 0 Å². The Morgan fingerprint density at radius 1 is 1.04 bits per heavy atom. The second kappa shape index (κ2) is 7.61. The van der Waals surface area contributed by atoms with Gasteiger partial charge in [-0.25, -0.2) is 0 Å². The van der Waals surface area contributed by atoms with Crippen molar-refractivity contribution in [3.05, 3.63) is 54.1 Å². The highest BCUT2D eigenvalue weighted by molar-refractivity contribution is 5.59. The lowest BCUT2D eigenvalue weighted by atomic mass is 9.80. The first-order valence-electron chi connectivity index (χ1n) is 9.63. The number of benzene rings is 2. The largest absolute Gasteiger partial charge is 0.488 e. The molecule has 0 radical (unpaired) electrons. The van der Waals surface area contributed by atoms with E-state index in [1.165, 1.54) is 11.3 Å². The number of anilines is 1. The highest BCUT2D eigenvalue weighted by Gasteiger charge is 2.35. The van der Waals surface area contributed by atoms with Crippen molar-refractivity contribution in [1.29, 1.82) is 0 Å². The molecule has 3 nitrogen and oxygen atoms in total. The van der Waals surface area contributed by atoms with Gasteiger partial charge in [-0.15, -0.1) is 0 Å². The lowest BCUT2D eigenvalue weighted by Gasteiger charge is -2.47. The summed E-state index contributed by atoms with van der Waals surface area (Å²) in [6, 6.07) is 16.7. The molecule has 0 aromatic heterocycles. The molecule has 0 aliphatic carbocycles. The van der Waals surface area contributed by atoms with E-state index in [0.717, 1.165) is 24.5 Å². The molecule has 140 valence electrons. The minimum atomic E-state index is 0.116. The summed E-state index contributed by atoms with van der Waals surface area (Å²) < 4.78 is 12.0. The summed E-state index contributed by atoms with van der Waals surface area (Å²) >= 11 is 0. The van der Waals surface area contributed by atoms with E-state index in [0.29, 0.717) is 12.5 Å². The second-order valence-electron chi connectivity index (χ2n) is 8.09. The number of para-hydroxylation sites is 3. The lowest BCUT2D eigenvalue weighted by molar-refractivity contribution is 0.220. The Bertz CT molecular complexity index is 738. The standard InChI is InChI=1S/C23H31NO2/c1-17(2)26-22-13-9-8-12-21(22)25-15-14-24-20-11-7-6-10-19(20)18(3)16-23(24,4)5/h6-13,17-18H,14-16H2,1-5H3. The molecule has 3 rings (SSSR count). The van der Waals surface area contributed by atoms with Gasteiger partial charge in [0.25, 0.3) is 0 Å². The first-order chi connectivity index (χ1) is 12.4. The molecule has 1 atom stereocenters. The lowest BCUT2D eigenvalue weighted by Crippen LogP contribution is -2.50. The minimum absolute atomic E-state index is 0.116. The fourth-order valence-electron chi connectivity index (χ4n) is 4.04. The maximum absolute atomic E-state index is 6.11. The van der Waals surface area contributed by atoms with Crippen LogP contribution < -0.4 is 14.4 Å². The van der Waals surface area contributed by atoms with E-state index >= 15 is 0 Å². The first kappa shape index (κ1) is 18.6. The van der Waals surface area contributed by atoms with Crippen molar-refractivity contribution >= 4 is 5.69 Å². The Hall–Kier alpha value is -2.16. The third-order valence-corrected chi connectivity index (χ3v) is 5.08. The minimum Gasteiger partial charge on any atom is -0.488 e.